The molecule has 26 heavy (non-hydrogen) atoms. The lowest BCUT2D eigenvalue weighted by atomic mass is 9.83. The van der Waals surface area contributed by atoms with Crippen molar-refractivity contribution in [3.8, 4) is 11.1 Å². The summed E-state index contributed by atoms with van der Waals surface area (Å²) in [6.45, 7) is 4.23. The summed E-state index contributed by atoms with van der Waals surface area (Å²) in [5, 5.41) is 9.03. The largest absolute Gasteiger partial charge is 0.478 e. The maximum atomic E-state index is 12.1. The fourth-order valence-electron chi connectivity index (χ4n) is 3.21. The normalized spacial score (nSPS) is 12.3. The Morgan fingerprint density at radius 1 is 1.31 bits per heavy atom. The minimum Gasteiger partial charge on any atom is -0.478 e. The van der Waals surface area contributed by atoms with Gasteiger partial charge in [-0.1, -0.05) is 20.3 Å². The molecule has 1 unspecified atom stereocenters. The minimum absolute atomic E-state index is 0.242. The second-order valence-corrected chi connectivity index (χ2v) is 6.10. The molecule has 1 aromatic heterocycles. The van der Waals surface area contributed by atoms with E-state index in [0.717, 1.165) is 42.0 Å². The lowest BCUT2D eigenvalue weighted by Crippen LogP contribution is -2.07. The van der Waals surface area contributed by atoms with Gasteiger partial charge < -0.3 is 14.3 Å². The second-order valence-electron chi connectivity index (χ2n) is 6.10. The van der Waals surface area contributed by atoms with Gasteiger partial charge >= 0.3 is 11.9 Å². The molecule has 0 aliphatic rings. The van der Waals surface area contributed by atoms with E-state index in [2.05, 4.69) is 13.8 Å². The molecule has 0 radical (unpaired) electrons. The third kappa shape index (κ3) is 4.42. The van der Waals surface area contributed by atoms with Crippen molar-refractivity contribution in [1.82, 2.24) is 0 Å². The summed E-state index contributed by atoms with van der Waals surface area (Å²) in [6.07, 6.45) is 8.68. The second kappa shape index (κ2) is 9.04. The number of carbonyl (C=O) groups is 2. The zero-order valence-electron chi connectivity index (χ0n) is 15.3. The highest BCUT2D eigenvalue weighted by molar-refractivity contribution is 5.94. The molecule has 0 saturated heterocycles. The number of methoxy groups -OCH3 is 1. The summed E-state index contributed by atoms with van der Waals surface area (Å²) in [7, 11) is 1.34. The first-order valence-electron chi connectivity index (χ1n) is 8.71. The molecule has 2 aromatic rings. The number of hydrogen-bond acceptors (Lipinski definition) is 4. The highest BCUT2D eigenvalue weighted by Gasteiger charge is 2.21. The van der Waals surface area contributed by atoms with E-state index in [-0.39, 0.29) is 5.92 Å². The average molecular weight is 356 g/mol. The number of carboxylic acids is 1. The van der Waals surface area contributed by atoms with E-state index in [1.807, 2.05) is 12.1 Å². The molecular weight excluding hydrogens is 332 g/mol. The van der Waals surface area contributed by atoms with E-state index in [9.17, 15) is 9.59 Å². The Hall–Kier alpha value is -2.82. The lowest BCUT2D eigenvalue weighted by molar-refractivity contribution is -0.131. The van der Waals surface area contributed by atoms with Crippen LogP contribution >= 0.6 is 0 Å². The molecule has 2 rings (SSSR count). The maximum absolute atomic E-state index is 12.1. The van der Waals surface area contributed by atoms with E-state index in [1.165, 1.54) is 13.2 Å². The summed E-state index contributed by atoms with van der Waals surface area (Å²) in [5.41, 5.74) is 3.82. The van der Waals surface area contributed by atoms with Gasteiger partial charge in [0, 0.05) is 11.6 Å². The average Bonchev–Trinajstić information content (AvgIpc) is 3.17. The van der Waals surface area contributed by atoms with Crippen LogP contribution in [0.1, 0.15) is 60.5 Å². The third-order valence-electron chi connectivity index (χ3n) is 4.41. The molecule has 0 spiro atoms. The molecule has 0 bridgehead atoms. The molecule has 0 amide bonds. The quantitative estimate of drug-likeness (QED) is 0.524. The van der Waals surface area contributed by atoms with Gasteiger partial charge in [-0.3, -0.25) is 0 Å². The smallest absolute Gasteiger partial charge is 0.337 e. The standard InChI is InChI=1S/C21H24O5/c1-4-6-14(5-2)18-12-17(21(24)25-3)11-15(7-8-19(22)23)20(18)16-9-10-26-13-16/h7-14H,4-6H2,1-3H3,(H,22,23)/b8-7+. The summed E-state index contributed by atoms with van der Waals surface area (Å²) >= 11 is 0. The summed E-state index contributed by atoms with van der Waals surface area (Å²) in [6, 6.07) is 5.36. The molecule has 0 aliphatic carbocycles. The number of esters is 1. The lowest BCUT2D eigenvalue weighted by Gasteiger charge is -2.21. The van der Waals surface area contributed by atoms with Crippen LogP contribution in [0.15, 0.2) is 41.2 Å². The van der Waals surface area contributed by atoms with E-state index in [1.54, 1.807) is 18.6 Å². The van der Waals surface area contributed by atoms with E-state index in [4.69, 9.17) is 14.3 Å². The van der Waals surface area contributed by atoms with Crippen LogP contribution in [0.5, 0.6) is 0 Å². The number of benzene rings is 1. The molecule has 5 nitrogen and oxygen atoms in total. The van der Waals surface area contributed by atoms with Crippen molar-refractivity contribution in [2.24, 2.45) is 0 Å². The van der Waals surface area contributed by atoms with Crippen LogP contribution in [0.3, 0.4) is 0 Å². The van der Waals surface area contributed by atoms with Crippen LogP contribution in [-0.4, -0.2) is 24.2 Å². The maximum Gasteiger partial charge on any atom is 0.337 e. The highest BCUT2D eigenvalue weighted by Crippen LogP contribution is 2.38. The monoisotopic (exact) mass is 356 g/mol. The molecule has 0 aliphatic heterocycles. The van der Waals surface area contributed by atoms with Crippen molar-refractivity contribution in [3.63, 3.8) is 0 Å². The number of furan rings is 1. The molecule has 1 aromatic carbocycles. The van der Waals surface area contributed by atoms with Crippen molar-refractivity contribution in [3.05, 3.63) is 53.5 Å². The Kier molecular flexibility index (Phi) is 6.78. The molecule has 0 fully saturated rings. The molecule has 1 heterocycles. The third-order valence-corrected chi connectivity index (χ3v) is 4.41. The van der Waals surface area contributed by atoms with Gasteiger partial charge in [0.2, 0.25) is 0 Å². The number of ether oxygens (including phenoxy) is 1. The fraction of sp³-hybridized carbons (Fsp3) is 0.333. The fourth-order valence-corrected chi connectivity index (χ4v) is 3.21. The van der Waals surface area contributed by atoms with E-state index >= 15 is 0 Å². The van der Waals surface area contributed by atoms with Crippen LogP contribution in [-0.2, 0) is 9.53 Å². The number of carboxylic acid groups (broad SMARTS) is 1. The van der Waals surface area contributed by atoms with Gasteiger partial charge in [-0.2, -0.15) is 0 Å². The zero-order chi connectivity index (χ0) is 19.1. The summed E-state index contributed by atoms with van der Waals surface area (Å²) in [4.78, 5) is 23.2. The predicted octanol–water partition coefficient (Wildman–Crippen LogP) is 5.12. The van der Waals surface area contributed by atoms with Crippen LogP contribution < -0.4 is 0 Å². The van der Waals surface area contributed by atoms with Crippen molar-refractivity contribution < 1.29 is 23.8 Å². The Labute approximate surface area is 153 Å². The molecular formula is C21H24O5. The van der Waals surface area contributed by atoms with Crippen LogP contribution in [0.25, 0.3) is 17.2 Å². The van der Waals surface area contributed by atoms with Crippen LogP contribution in [0.2, 0.25) is 0 Å². The highest BCUT2D eigenvalue weighted by atomic mass is 16.5. The van der Waals surface area contributed by atoms with Crippen LogP contribution in [0.4, 0.5) is 0 Å². The summed E-state index contributed by atoms with van der Waals surface area (Å²) < 4.78 is 10.1. The van der Waals surface area contributed by atoms with Gasteiger partial charge in [-0.05, 0) is 59.7 Å². The molecule has 0 saturated carbocycles. The summed E-state index contributed by atoms with van der Waals surface area (Å²) in [5.74, 6) is -1.25. The van der Waals surface area contributed by atoms with Crippen molar-refractivity contribution >= 4 is 18.0 Å². The minimum atomic E-state index is -1.05. The molecule has 1 atom stereocenters. The molecule has 138 valence electrons. The molecule has 1 N–H and O–H groups in total. The van der Waals surface area contributed by atoms with Gasteiger partial charge in [-0.15, -0.1) is 0 Å². The molecule has 5 heteroatoms. The predicted molar refractivity (Wildman–Crippen MR) is 100 cm³/mol. The van der Waals surface area contributed by atoms with Crippen molar-refractivity contribution in [2.75, 3.05) is 7.11 Å². The Bertz CT molecular complexity index is 787. The zero-order valence-corrected chi connectivity index (χ0v) is 15.3. The van der Waals surface area contributed by atoms with Crippen molar-refractivity contribution in [1.29, 1.82) is 0 Å². The van der Waals surface area contributed by atoms with Crippen LogP contribution in [0, 0.1) is 0 Å². The Morgan fingerprint density at radius 3 is 2.62 bits per heavy atom. The first-order chi connectivity index (χ1) is 12.5. The SMILES string of the molecule is CCCC(CC)c1cc(C(=O)OC)cc(/C=C/C(=O)O)c1-c1ccoc1. The Balaban J connectivity index is 2.77. The topological polar surface area (TPSA) is 76.7 Å². The number of carbonyl (C=O) groups excluding carboxylic acids is 1. The van der Waals surface area contributed by atoms with Gasteiger partial charge in [0.25, 0.3) is 0 Å². The van der Waals surface area contributed by atoms with Gasteiger partial charge in [-0.25, -0.2) is 9.59 Å². The number of hydrogen-bond donors (Lipinski definition) is 1. The van der Waals surface area contributed by atoms with Gasteiger partial charge in [0.15, 0.2) is 0 Å². The van der Waals surface area contributed by atoms with E-state index < -0.39 is 11.9 Å². The van der Waals surface area contributed by atoms with Gasteiger partial charge in [0.05, 0.1) is 25.2 Å². The number of rotatable bonds is 8. The Morgan fingerprint density at radius 2 is 2.08 bits per heavy atom. The number of aliphatic carboxylic acids is 1. The first kappa shape index (κ1) is 19.5. The van der Waals surface area contributed by atoms with E-state index in [0.29, 0.717) is 11.1 Å². The first-order valence-corrected chi connectivity index (χ1v) is 8.71. The van der Waals surface area contributed by atoms with Gasteiger partial charge in [0.1, 0.15) is 0 Å². The van der Waals surface area contributed by atoms with Crippen molar-refractivity contribution in [2.45, 2.75) is 39.0 Å².